The molecular weight excluding hydrogens is 330 g/mol. The first-order valence-corrected chi connectivity index (χ1v) is 8.25. The van der Waals surface area contributed by atoms with Crippen LogP contribution in [0.3, 0.4) is 0 Å². The van der Waals surface area contributed by atoms with Crippen molar-refractivity contribution in [3.8, 4) is 0 Å². The van der Waals surface area contributed by atoms with Crippen LogP contribution < -0.4 is 5.32 Å². The summed E-state index contributed by atoms with van der Waals surface area (Å²) in [5.74, 6) is 0.259. The number of carbonyl (C=O) groups excluding carboxylic acids is 1. The number of para-hydroxylation sites is 2. The highest BCUT2D eigenvalue weighted by molar-refractivity contribution is 5.91. The fourth-order valence-electron chi connectivity index (χ4n) is 2.97. The van der Waals surface area contributed by atoms with E-state index in [1.54, 1.807) is 0 Å². The summed E-state index contributed by atoms with van der Waals surface area (Å²) in [5, 5.41) is 13.7. The van der Waals surface area contributed by atoms with Gasteiger partial charge in [-0.25, -0.2) is 9.67 Å². The lowest BCUT2D eigenvalue weighted by molar-refractivity contribution is -0.117. The Bertz CT molecular complexity index is 1020. The third kappa shape index (κ3) is 3.04. The van der Waals surface area contributed by atoms with Crippen molar-refractivity contribution in [2.24, 2.45) is 0 Å². The molecule has 0 spiro atoms. The van der Waals surface area contributed by atoms with Crippen molar-refractivity contribution in [1.82, 2.24) is 29.8 Å². The van der Waals surface area contributed by atoms with E-state index in [4.69, 9.17) is 0 Å². The number of hydrogen-bond donors (Lipinski definition) is 1. The number of nitrogens with one attached hydrogen (secondary N) is 1. The molecule has 2 aromatic carbocycles. The van der Waals surface area contributed by atoms with Gasteiger partial charge in [0.05, 0.1) is 17.1 Å². The van der Waals surface area contributed by atoms with Crippen molar-refractivity contribution < 1.29 is 4.79 Å². The molecule has 1 atom stereocenters. The van der Waals surface area contributed by atoms with Crippen LogP contribution in [0.2, 0.25) is 0 Å². The van der Waals surface area contributed by atoms with Crippen LogP contribution in [0, 0.1) is 0 Å². The van der Waals surface area contributed by atoms with Crippen LogP contribution in [-0.2, 0) is 11.3 Å². The second kappa shape index (κ2) is 6.75. The second-order valence-electron chi connectivity index (χ2n) is 5.94. The monoisotopic (exact) mass is 347 g/mol. The van der Waals surface area contributed by atoms with Crippen LogP contribution in [0.4, 0.5) is 5.95 Å². The molecule has 4 aromatic rings. The summed E-state index contributed by atoms with van der Waals surface area (Å²) in [5.41, 5.74) is 2.92. The molecular formula is C18H17N7O. The average molecular weight is 347 g/mol. The lowest BCUT2D eigenvalue weighted by Gasteiger charge is -2.18. The summed E-state index contributed by atoms with van der Waals surface area (Å²) >= 11 is 0. The number of fused-ring (bicyclic) bond motifs is 1. The third-order valence-corrected chi connectivity index (χ3v) is 4.21. The molecule has 2 heterocycles. The predicted octanol–water partition coefficient (Wildman–Crippen LogP) is 2.27. The van der Waals surface area contributed by atoms with Gasteiger partial charge in [-0.15, -0.1) is 5.10 Å². The van der Waals surface area contributed by atoms with Crippen LogP contribution >= 0.6 is 0 Å². The zero-order valence-corrected chi connectivity index (χ0v) is 14.1. The Balaban J connectivity index is 1.71. The van der Waals surface area contributed by atoms with Crippen molar-refractivity contribution in [2.45, 2.75) is 19.5 Å². The number of nitrogens with zero attached hydrogens (tertiary/aromatic N) is 6. The molecule has 0 aliphatic heterocycles. The number of hydrogen-bond acceptors (Lipinski definition) is 5. The highest BCUT2D eigenvalue weighted by Gasteiger charge is 2.19. The molecule has 2 aromatic heterocycles. The molecule has 1 N–H and O–H groups in total. The minimum Gasteiger partial charge on any atom is -0.303 e. The van der Waals surface area contributed by atoms with E-state index >= 15 is 0 Å². The summed E-state index contributed by atoms with van der Waals surface area (Å²) in [6.07, 6.45) is 1.40. The Labute approximate surface area is 149 Å². The molecule has 0 bridgehead atoms. The SMILES string of the molecule is C[C@H](c1ccccc1)n1c(NC(=O)Cn2cnnn2)nc2ccccc21. The number of aromatic nitrogens is 6. The van der Waals surface area contributed by atoms with Crippen LogP contribution in [0.25, 0.3) is 11.0 Å². The quantitative estimate of drug-likeness (QED) is 0.598. The molecule has 130 valence electrons. The molecule has 26 heavy (non-hydrogen) atoms. The van der Waals surface area contributed by atoms with E-state index in [0.29, 0.717) is 5.95 Å². The van der Waals surface area contributed by atoms with Gasteiger partial charge in [-0.2, -0.15) is 0 Å². The lowest BCUT2D eigenvalue weighted by Crippen LogP contribution is -2.22. The smallest absolute Gasteiger partial charge is 0.248 e. The number of amides is 1. The number of carbonyl (C=O) groups is 1. The Morgan fingerprint density at radius 2 is 1.88 bits per heavy atom. The lowest BCUT2D eigenvalue weighted by atomic mass is 10.1. The average Bonchev–Trinajstić information content (AvgIpc) is 3.29. The molecule has 4 rings (SSSR count). The number of rotatable bonds is 5. The van der Waals surface area contributed by atoms with Crippen molar-refractivity contribution in [1.29, 1.82) is 0 Å². The maximum Gasteiger partial charge on any atom is 0.248 e. The predicted molar refractivity (Wildman–Crippen MR) is 96.4 cm³/mol. The summed E-state index contributed by atoms with van der Waals surface area (Å²) in [7, 11) is 0. The van der Waals surface area contributed by atoms with E-state index in [1.807, 2.05) is 47.0 Å². The standard InChI is InChI=1S/C18H17N7O/c1-13(14-7-3-2-4-8-14)25-16-10-6-5-9-15(16)20-18(25)21-17(26)11-24-12-19-22-23-24/h2-10,12-13H,11H2,1H3,(H,20,21,26)/t13-/m1/s1. The van der Waals surface area contributed by atoms with Gasteiger partial charge in [-0.3, -0.25) is 10.1 Å². The van der Waals surface area contributed by atoms with Crippen molar-refractivity contribution >= 4 is 22.9 Å². The molecule has 0 unspecified atom stereocenters. The summed E-state index contributed by atoms with van der Waals surface area (Å²) in [4.78, 5) is 17.0. The minimum atomic E-state index is -0.242. The Morgan fingerprint density at radius 1 is 1.12 bits per heavy atom. The summed E-state index contributed by atoms with van der Waals surface area (Å²) < 4.78 is 3.39. The van der Waals surface area contributed by atoms with E-state index in [9.17, 15) is 4.79 Å². The number of tetrazole rings is 1. The van der Waals surface area contributed by atoms with Gasteiger partial charge in [0.15, 0.2) is 0 Å². The fourth-order valence-corrected chi connectivity index (χ4v) is 2.97. The second-order valence-corrected chi connectivity index (χ2v) is 5.94. The molecule has 0 radical (unpaired) electrons. The largest absolute Gasteiger partial charge is 0.303 e. The van der Waals surface area contributed by atoms with Gasteiger partial charge < -0.3 is 4.57 Å². The van der Waals surface area contributed by atoms with E-state index < -0.39 is 0 Å². The fraction of sp³-hybridized carbons (Fsp3) is 0.167. The Kier molecular flexibility index (Phi) is 4.14. The van der Waals surface area contributed by atoms with E-state index in [2.05, 4.69) is 44.9 Å². The molecule has 8 heteroatoms. The van der Waals surface area contributed by atoms with Gasteiger partial charge in [0, 0.05) is 0 Å². The highest BCUT2D eigenvalue weighted by atomic mass is 16.2. The first-order chi connectivity index (χ1) is 12.7. The van der Waals surface area contributed by atoms with Gasteiger partial charge in [0.1, 0.15) is 12.9 Å². The van der Waals surface area contributed by atoms with Crippen LogP contribution in [0.1, 0.15) is 18.5 Å². The molecule has 8 nitrogen and oxygen atoms in total. The van der Waals surface area contributed by atoms with Crippen LogP contribution in [-0.4, -0.2) is 35.7 Å². The summed E-state index contributed by atoms with van der Waals surface area (Å²) in [6, 6.07) is 17.9. The van der Waals surface area contributed by atoms with Gasteiger partial charge >= 0.3 is 0 Å². The van der Waals surface area contributed by atoms with E-state index in [0.717, 1.165) is 16.6 Å². The molecule has 0 saturated carbocycles. The highest BCUT2D eigenvalue weighted by Crippen LogP contribution is 2.28. The molecule has 1 amide bonds. The van der Waals surface area contributed by atoms with Gasteiger partial charge in [-0.05, 0) is 35.0 Å². The zero-order chi connectivity index (χ0) is 17.9. The van der Waals surface area contributed by atoms with Crippen LogP contribution in [0.5, 0.6) is 0 Å². The number of benzene rings is 2. The zero-order valence-electron chi connectivity index (χ0n) is 14.1. The van der Waals surface area contributed by atoms with E-state index in [1.165, 1.54) is 11.0 Å². The van der Waals surface area contributed by atoms with Gasteiger partial charge in [0.2, 0.25) is 11.9 Å². The topological polar surface area (TPSA) is 90.5 Å². The van der Waals surface area contributed by atoms with Crippen molar-refractivity contribution in [3.05, 3.63) is 66.5 Å². The first-order valence-electron chi connectivity index (χ1n) is 8.25. The van der Waals surface area contributed by atoms with Crippen LogP contribution in [0.15, 0.2) is 60.9 Å². The third-order valence-electron chi connectivity index (χ3n) is 4.21. The Morgan fingerprint density at radius 3 is 2.65 bits per heavy atom. The normalized spacial score (nSPS) is 12.2. The van der Waals surface area contributed by atoms with Gasteiger partial charge in [-0.1, -0.05) is 42.5 Å². The number of imidazole rings is 1. The maximum atomic E-state index is 12.4. The molecule has 0 aliphatic carbocycles. The molecule has 0 saturated heterocycles. The minimum absolute atomic E-state index is 0.00642. The Hall–Kier alpha value is -3.55. The molecule has 0 fully saturated rings. The van der Waals surface area contributed by atoms with Crippen molar-refractivity contribution in [3.63, 3.8) is 0 Å². The van der Waals surface area contributed by atoms with Crippen molar-refractivity contribution in [2.75, 3.05) is 5.32 Å². The van der Waals surface area contributed by atoms with Gasteiger partial charge in [0.25, 0.3) is 0 Å². The maximum absolute atomic E-state index is 12.4. The summed E-state index contributed by atoms with van der Waals surface area (Å²) in [6.45, 7) is 2.11. The molecule has 0 aliphatic rings. The first kappa shape index (κ1) is 15.9. The number of anilines is 1. The van der Waals surface area contributed by atoms with E-state index in [-0.39, 0.29) is 18.5 Å².